The number of unbranched alkanes of at least 4 members (excludes halogenated alkanes) is 1. The van der Waals surface area contributed by atoms with Crippen LogP contribution in [0.2, 0.25) is 0 Å². The van der Waals surface area contributed by atoms with E-state index in [1.807, 2.05) is 19.9 Å². The minimum Gasteiger partial charge on any atom is -0.493 e. The monoisotopic (exact) mass is 331 g/mol. The maximum atomic E-state index is 12.2. The van der Waals surface area contributed by atoms with Crippen LogP contribution >= 0.6 is 0 Å². The fourth-order valence-corrected chi connectivity index (χ4v) is 2.38. The predicted octanol–water partition coefficient (Wildman–Crippen LogP) is 1.38. The Morgan fingerprint density at radius 1 is 1.29 bits per heavy atom. The van der Waals surface area contributed by atoms with Crippen LogP contribution in [0.1, 0.15) is 41.3 Å². The lowest BCUT2D eigenvalue weighted by molar-refractivity contribution is 0.0947. The molecule has 0 saturated heterocycles. The van der Waals surface area contributed by atoms with Gasteiger partial charge in [-0.3, -0.25) is 14.6 Å². The first-order valence-corrected chi connectivity index (χ1v) is 7.81. The SMILES string of the molecule is CCCCNC(=O)c1c(O)n(-c2cc(C)ccc2C)c(=O)[nH]c1=O. The molecule has 128 valence electrons. The van der Waals surface area contributed by atoms with Crippen molar-refractivity contribution in [3.63, 3.8) is 0 Å². The molecule has 0 atom stereocenters. The molecule has 7 heteroatoms. The van der Waals surface area contributed by atoms with Crippen LogP contribution in [0.25, 0.3) is 5.69 Å². The topological polar surface area (TPSA) is 104 Å². The van der Waals surface area contributed by atoms with Crippen molar-refractivity contribution >= 4 is 5.91 Å². The molecule has 0 aliphatic rings. The molecule has 0 unspecified atom stereocenters. The summed E-state index contributed by atoms with van der Waals surface area (Å²) in [4.78, 5) is 38.5. The zero-order valence-electron chi connectivity index (χ0n) is 14.0. The van der Waals surface area contributed by atoms with E-state index in [0.717, 1.165) is 28.5 Å². The number of aromatic nitrogens is 2. The number of carbonyl (C=O) groups excluding carboxylic acids is 1. The third-order valence-corrected chi connectivity index (χ3v) is 3.73. The van der Waals surface area contributed by atoms with E-state index in [4.69, 9.17) is 0 Å². The molecule has 0 fully saturated rings. The van der Waals surface area contributed by atoms with Crippen LogP contribution in [0.3, 0.4) is 0 Å². The van der Waals surface area contributed by atoms with Crippen LogP contribution < -0.4 is 16.6 Å². The van der Waals surface area contributed by atoms with Gasteiger partial charge in [-0.2, -0.15) is 0 Å². The number of aromatic hydroxyl groups is 1. The molecule has 1 aromatic carbocycles. The van der Waals surface area contributed by atoms with Gasteiger partial charge in [0.25, 0.3) is 11.5 Å². The lowest BCUT2D eigenvalue weighted by Gasteiger charge is -2.14. The first-order valence-electron chi connectivity index (χ1n) is 7.81. The first-order chi connectivity index (χ1) is 11.4. The third kappa shape index (κ3) is 3.40. The molecule has 7 nitrogen and oxygen atoms in total. The van der Waals surface area contributed by atoms with Crippen LogP contribution in [0, 0.1) is 13.8 Å². The van der Waals surface area contributed by atoms with Gasteiger partial charge in [0.2, 0.25) is 5.88 Å². The number of aryl methyl sites for hydroxylation is 2. The summed E-state index contributed by atoms with van der Waals surface area (Å²) in [6.45, 7) is 5.97. The maximum absolute atomic E-state index is 12.2. The molecular weight excluding hydrogens is 310 g/mol. The highest BCUT2D eigenvalue weighted by atomic mass is 16.3. The molecule has 2 aromatic rings. The fourth-order valence-electron chi connectivity index (χ4n) is 2.38. The van der Waals surface area contributed by atoms with Crippen LogP contribution in [-0.2, 0) is 0 Å². The van der Waals surface area contributed by atoms with Gasteiger partial charge in [-0.05, 0) is 37.5 Å². The zero-order valence-corrected chi connectivity index (χ0v) is 14.0. The van der Waals surface area contributed by atoms with Crippen LogP contribution in [-0.4, -0.2) is 27.1 Å². The van der Waals surface area contributed by atoms with E-state index in [0.29, 0.717) is 12.2 Å². The van der Waals surface area contributed by atoms with E-state index in [9.17, 15) is 19.5 Å². The van der Waals surface area contributed by atoms with Crippen LogP contribution in [0.15, 0.2) is 27.8 Å². The largest absolute Gasteiger partial charge is 0.493 e. The van der Waals surface area contributed by atoms with Crippen molar-refractivity contribution in [2.75, 3.05) is 6.54 Å². The van der Waals surface area contributed by atoms with E-state index in [1.54, 1.807) is 19.1 Å². The maximum Gasteiger partial charge on any atom is 0.335 e. The van der Waals surface area contributed by atoms with Crippen LogP contribution in [0.5, 0.6) is 5.88 Å². The van der Waals surface area contributed by atoms with Crippen molar-refractivity contribution in [3.05, 3.63) is 55.7 Å². The molecule has 1 heterocycles. The lowest BCUT2D eigenvalue weighted by atomic mass is 10.1. The molecule has 2 rings (SSSR count). The van der Waals surface area contributed by atoms with Crippen molar-refractivity contribution in [2.24, 2.45) is 0 Å². The molecule has 0 bridgehead atoms. The predicted molar refractivity (Wildman–Crippen MR) is 91.0 cm³/mol. The van der Waals surface area contributed by atoms with E-state index in [2.05, 4.69) is 10.3 Å². The quantitative estimate of drug-likeness (QED) is 0.720. The second-order valence-corrected chi connectivity index (χ2v) is 5.69. The van der Waals surface area contributed by atoms with E-state index in [-0.39, 0.29) is 0 Å². The summed E-state index contributed by atoms with van der Waals surface area (Å²) < 4.78 is 0.943. The molecule has 24 heavy (non-hydrogen) atoms. The molecule has 0 aliphatic carbocycles. The number of carbonyl (C=O) groups is 1. The highest BCUT2D eigenvalue weighted by Gasteiger charge is 2.22. The molecular formula is C17H21N3O4. The molecule has 1 aromatic heterocycles. The Kier molecular flexibility index (Phi) is 5.23. The zero-order chi connectivity index (χ0) is 17.9. The normalized spacial score (nSPS) is 10.6. The standard InChI is InChI=1S/C17H21N3O4/c1-4-5-8-18-14(21)13-15(22)19-17(24)20(16(13)23)12-9-10(2)6-7-11(12)3/h6-7,9,23H,4-5,8H2,1-3H3,(H,18,21)(H,19,22,24). The molecule has 3 N–H and O–H groups in total. The van der Waals surface area contributed by atoms with Gasteiger partial charge in [-0.15, -0.1) is 0 Å². The minimum absolute atomic E-state index is 0.386. The number of amides is 1. The second kappa shape index (κ2) is 7.16. The molecule has 0 aliphatic heterocycles. The van der Waals surface area contributed by atoms with Gasteiger partial charge in [0.15, 0.2) is 5.56 Å². The Morgan fingerprint density at radius 3 is 2.67 bits per heavy atom. The number of rotatable bonds is 5. The number of hydrogen-bond acceptors (Lipinski definition) is 4. The Labute approximate surface area is 139 Å². The summed E-state index contributed by atoms with van der Waals surface area (Å²) in [5.74, 6) is -1.37. The van der Waals surface area contributed by atoms with Gasteiger partial charge in [0, 0.05) is 6.54 Å². The van der Waals surface area contributed by atoms with Crippen molar-refractivity contribution in [2.45, 2.75) is 33.6 Å². The summed E-state index contributed by atoms with van der Waals surface area (Å²) in [6.07, 6.45) is 1.63. The highest BCUT2D eigenvalue weighted by molar-refractivity contribution is 5.96. The number of hydrogen-bond donors (Lipinski definition) is 3. The number of nitrogens with zero attached hydrogens (tertiary/aromatic N) is 1. The van der Waals surface area contributed by atoms with Gasteiger partial charge < -0.3 is 10.4 Å². The molecule has 0 saturated carbocycles. The first kappa shape index (κ1) is 17.5. The number of aromatic amines is 1. The Hall–Kier alpha value is -2.83. The van der Waals surface area contributed by atoms with Gasteiger partial charge in [0.1, 0.15) is 0 Å². The average molecular weight is 331 g/mol. The smallest absolute Gasteiger partial charge is 0.335 e. The van der Waals surface area contributed by atoms with Crippen molar-refractivity contribution < 1.29 is 9.90 Å². The van der Waals surface area contributed by atoms with E-state index in [1.165, 1.54) is 0 Å². The van der Waals surface area contributed by atoms with Crippen molar-refractivity contribution in [1.82, 2.24) is 14.9 Å². The summed E-state index contributed by atoms with van der Waals surface area (Å²) in [6, 6.07) is 5.36. The van der Waals surface area contributed by atoms with E-state index >= 15 is 0 Å². The fraction of sp³-hybridized carbons (Fsp3) is 0.353. The Bertz CT molecular complexity index is 880. The summed E-state index contributed by atoms with van der Waals surface area (Å²) in [7, 11) is 0. The van der Waals surface area contributed by atoms with Gasteiger partial charge in [0.05, 0.1) is 5.69 Å². The summed E-state index contributed by atoms with van der Waals surface area (Å²) in [5.41, 5.74) is -0.156. The van der Waals surface area contributed by atoms with Crippen molar-refractivity contribution in [3.8, 4) is 11.6 Å². The highest BCUT2D eigenvalue weighted by Crippen LogP contribution is 2.20. The second-order valence-electron chi connectivity index (χ2n) is 5.69. The molecule has 0 spiro atoms. The number of benzene rings is 1. The van der Waals surface area contributed by atoms with Gasteiger partial charge >= 0.3 is 5.69 Å². The minimum atomic E-state index is -0.909. The van der Waals surface area contributed by atoms with Gasteiger partial charge in [-0.25, -0.2) is 9.36 Å². The Balaban J connectivity index is 2.61. The van der Waals surface area contributed by atoms with E-state index < -0.39 is 28.6 Å². The summed E-state index contributed by atoms with van der Waals surface area (Å²) >= 11 is 0. The third-order valence-electron chi connectivity index (χ3n) is 3.73. The number of H-pyrrole nitrogens is 1. The summed E-state index contributed by atoms with van der Waals surface area (Å²) in [5, 5.41) is 13.0. The van der Waals surface area contributed by atoms with Gasteiger partial charge in [-0.1, -0.05) is 25.5 Å². The average Bonchev–Trinajstić information content (AvgIpc) is 2.50. The number of nitrogens with one attached hydrogen (secondary N) is 2. The van der Waals surface area contributed by atoms with Crippen molar-refractivity contribution in [1.29, 1.82) is 0 Å². The lowest BCUT2D eigenvalue weighted by Crippen LogP contribution is -2.37. The molecule has 1 amide bonds. The Morgan fingerprint density at radius 2 is 2.00 bits per heavy atom. The van der Waals surface area contributed by atoms with Crippen LogP contribution in [0.4, 0.5) is 0 Å². The molecule has 0 radical (unpaired) electrons.